The minimum absolute atomic E-state index is 0.0956. The lowest BCUT2D eigenvalue weighted by atomic mass is 9.80. The number of carbonyl (C=O) groups is 8. The van der Waals surface area contributed by atoms with E-state index in [-0.39, 0.29) is 86.9 Å². The van der Waals surface area contributed by atoms with Gasteiger partial charge in [0.15, 0.2) is 5.78 Å². The van der Waals surface area contributed by atoms with Crippen LogP contribution >= 0.6 is 0 Å². The Balaban J connectivity index is 1.38. The third kappa shape index (κ3) is 15.4. The molecule has 304 valence electrons. The van der Waals surface area contributed by atoms with Gasteiger partial charge in [-0.05, 0) is 68.7 Å². The first-order valence-electron chi connectivity index (χ1n) is 19.1. The molecule has 14 nitrogen and oxygen atoms in total. The molecule has 56 heavy (non-hydrogen) atoms. The Hall–Kier alpha value is -5.40. The fourth-order valence-electron chi connectivity index (χ4n) is 5.92. The maximum Gasteiger partial charge on any atom is 0.311 e. The molecular weight excluding hydrogens is 718 g/mol. The summed E-state index contributed by atoms with van der Waals surface area (Å²) in [5.74, 6) is -4.04. The summed E-state index contributed by atoms with van der Waals surface area (Å²) < 4.78 is 5.31. The van der Waals surface area contributed by atoms with Gasteiger partial charge in [0.2, 0.25) is 35.4 Å². The summed E-state index contributed by atoms with van der Waals surface area (Å²) in [5, 5.41) is 10.3. The first-order valence-corrected chi connectivity index (χ1v) is 19.1. The lowest BCUT2D eigenvalue weighted by Gasteiger charge is -2.24. The van der Waals surface area contributed by atoms with Gasteiger partial charge in [-0.3, -0.25) is 43.3 Å². The molecule has 0 aliphatic carbocycles. The summed E-state index contributed by atoms with van der Waals surface area (Å²) in [5.41, 5.74) is 1.14. The standard InChI is InChI=1S/C42H57N5O9/c1-41(2,3)33-23-37(52)47(39(33)54)20-12-8-11-15-34(49)44-25-35(50)43-24-32(48)22-30(21-28-13-9-7-10-14-28)38(53)45-26-36(51)46-31-18-16-29(17-19-31)27-56-40(55)42(4,5)6/h7,9-10,13-14,16-19,30,33H,8,11-12,15,20-27H2,1-6H3,(H,43,50)(H,44,49)(H,45,53)(H,46,51)/t30-,33?/m1/s1. The van der Waals surface area contributed by atoms with E-state index in [1.807, 2.05) is 51.1 Å². The summed E-state index contributed by atoms with van der Waals surface area (Å²) >= 11 is 0. The van der Waals surface area contributed by atoms with E-state index in [0.29, 0.717) is 31.5 Å². The third-order valence-corrected chi connectivity index (χ3v) is 9.32. The Morgan fingerprint density at radius 3 is 2.02 bits per heavy atom. The average Bonchev–Trinajstić information content (AvgIpc) is 3.43. The molecule has 1 fully saturated rings. The SMILES string of the molecule is CC(C)(C)C(=O)OCc1ccc(NC(=O)CNC(=O)[C@@H](CC(=O)CNC(=O)CNC(=O)CCCCCN2C(=O)CC(C(C)(C)C)C2=O)Cc2ccccc2)cc1. The molecule has 6 amide bonds. The van der Waals surface area contributed by atoms with Crippen LogP contribution in [0.2, 0.25) is 0 Å². The van der Waals surface area contributed by atoms with Crippen molar-refractivity contribution in [2.45, 2.75) is 93.1 Å². The molecule has 4 N–H and O–H groups in total. The highest BCUT2D eigenvalue weighted by molar-refractivity contribution is 6.04. The van der Waals surface area contributed by atoms with Gasteiger partial charge in [-0.1, -0.05) is 69.7 Å². The molecule has 2 aromatic rings. The molecule has 1 aliphatic heterocycles. The number of esters is 1. The monoisotopic (exact) mass is 775 g/mol. The van der Waals surface area contributed by atoms with Gasteiger partial charge in [-0.15, -0.1) is 0 Å². The number of rotatable bonds is 20. The zero-order valence-electron chi connectivity index (χ0n) is 33.5. The van der Waals surface area contributed by atoms with Crippen molar-refractivity contribution in [3.63, 3.8) is 0 Å². The van der Waals surface area contributed by atoms with Crippen molar-refractivity contribution in [2.24, 2.45) is 22.7 Å². The van der Waals surface area contributed by atoms with Crippen LogP contribution in [0.25, 0.3) is 0 Å². The van der Waals surface area contributed by atoms with Crippen molar-refractivity contribution in [2.75, 3.05) is 31.5 Å². The average molecular weight is 776 g/mol. The summed E-state index contributed by atoms with van der Waals surface area (Å²) in [4.78, 5) is 102. The van der Waals surface area contributed by atoms with Crippen LogP contribution in [0, 0.1) is 22.7 Å². The predicted octanol–water partition coefficient (Wildman–Crippen LogP) is 3.86. The Labute approximate surface area is 329 Å². The van der Waals surface area contributed by atoms with Gasteiger partial charge >= 0.3 is 5.97 Å². The second-order valence-corrected chi connectivity index (χ2v) is 16.3. The van der Waals surface area contributed by atoms with Gasteiger partial charge in [0.05, 0.1) is 31.0 Å². The molecule has 0 saturated carbocycles. The number of likely N-dealkylation sites (tertiary alicyclic amines) is 1. The number of hydrogen-bond acceptors (Lipinski definition) is 9. The molecule has 0 bridgehead atoms. The van der Waals surface area contributed by atoms with Crippen molar-refractivity contribution < 1.29 is 43.1 Å². The molecule has 2 aromatic carbocycles. The number of nitrogens with one attached hydrogen (secondary N) is 4. The molecular formula is C42H57N5O9. The molecule has 0 spiro atoms. The molecule has 1 heterocycles. The van der Waals surface area contributed by atoms with Gasteiger partial charge < -0.3 is 26.0 Å². The van der Waals surface area contributed by atoms with Crippen molar-refractivity contribution in [3.05, 3.63) is 65.7 Å². The second-order valence-electron chi connectivity index (χ2n) is 16.3. The highest BCUT2D eigenvalue weighted by Gasteiger charge is 2.44. The van der Waals surface area contributed by atoms with E-state index >= 15 is 0 Å². The quantitative estimate of drug-likeness (QED) is 0.0877. The number of amides is 6. The molecule has 0 aromatic heterocycles. The van der Waals surface area contributed by atoms with E-state index in [2.05, 4.69) is 21.3 Å². The molecule has 1 aliphatic rings. The molecule has 2 atom stereocenters. The number of carbonyl (C=O) groups excluding carboxylic acids is 8. The van der Waals surface area contributed by atoms with Crippen LogP contribution in [-0.2, 0) is 56.1 Å². The van der Waals surface area contributed by atoms with E-state index in [0.717, 1.165) is 11.1 Å². The predicted molar refractivity (Wildman–Crippen MR) is 209 cm³/mol. The largest absolute Gasteiger partial charge is 0.460 e. The number of ketones is 1. The van der Waals surface area contributed by atoms with E-state index < -0.39 is 34.8 Å². The fourth-order valence-corrected chi connectivity index (χ4v) is 5.92. The van der Waals surface area contributed by atoms with Crippen LogP contribution in [0.4, 0.5) is 5.69 Å². The van der Waals surface area contributed by atoms with Crippen LogP contribution < -0.4 is 21.3 Å². The number of nitrogens with zero attached hydrogens (tertiary/aromatic N) is 1. The lowest BCUT2D eigenvalue weighted by Crippen LogP contribution is -2.41. The number of Topliss-reactive ketones (excluding diaryl/α,β-unsaturated/α-hetero) is 1. The van der Waals surface area contributed by atoms with E-state index in [1.165, 1.54) is 4.90 Å². The first kappa shape index (κ1) is 45.0. The van der Waals surface area contributed by atoms with E-state index in [4.69, 9.17) is 4.74 Å². The second kappa shape index (κ2) is 21.1. The third-order valence-electron chi connectivity index (χ3n) is 9.32. The van der Waals surface area contributed by atoms with Crippen molar-refractivity contribution in [3.8, 4) is 0 Å². The maximum absolute atomic E-state index is 13.2. The van der Waals surface area contributed by atoms with Crippen molar-refractivity contribution >= 4 is 52.9 Å². The summed E-state index contributed by atoms with van der Waals surface area (Å²) in [6, 6.07) is 15.9. The fraction of sp³-hybridized carbons (Fsp3) is 0.524. The smallest absolute Gasteiger partial charge is 0.311 e. The maximum atomic E-state index is 13.2. The van der Waals surface area contributed by atoms with Gasteiger partial charge in [0.25, 0.3) is 0 Å². The zero-order chi connectivity index (χ0) is 41.5. The van der Waals surface area contributed by atoms with E-state index in [1.54, 1.807) is 45.0 Å². The van der Waals surface area contributed by atoms with Gasteiger partial charge in [0.1, 0.15) is 6.61 Å². The minimum Gasteiger partial charge on any atom is -0.460 e. The highest BCUT2D eigenvalue weighted by atomic mass is 16.5. The highest BCUT2D eigenvalue weighted by Crippen LogP contribution is 2.35. The van der Waals surface area contributed by atoms with Crippen molar-refractivity contribution in [1.82, 2.24) is 20.9 Å². The van der Waals surface area contributed by atoms with Crippen LogP contribution in [0.5, 0.6) is 0 Å². The number of ether oxygens (including phenoxy) is 1. The first-order chi connectivity index (χ1) is 26.3. The van der Waals surface area contributed by atoms with E-state index in [9.17, 15) is 38.4 Å². The number of unbranched alkanes of at least 4 members (excludes halogenated alkanes) is 2. The summed E-state index contributed by atoms with van der Waals surface area (Å²) in [6.45, 7) is 10.5. The van der Waals surface area contributed by atoms with Crippen LogP contribution in [0.1, 0.15) is 91.2 Å². The normalized spacial score (nSPS) is 14.8. The van der Waals surface area contributed by atoms with Crippen molar-refractivity contribution in [1.29, 1.82) is 0 Å². The Morgan fingerprint density at radius 1 is 0.750 bits per heavy atom. The number of imide groups is 1. The topological polar surface area (TPSA) is 197 Å². The Morgan fingerprint density at radius 2 is 1.39 bits per heavy atom. The lowest BCUT2D eigenvalue weighted by molar-refractivity contribution is -0.154. The van der Waals surface area contributed by atoms with Gasteiger partial charge in [-0.2, -0.15) is 0 Å². The van der Waals surface area contributed by atoms with Crippen LogP contribution in [-0.4, -0.2) is 78.3 Å². The van der Waals surface area contributed by atoms with Crippen LogP contribution in [0.3, 0.4) is 0 Å². The molecule has 0 radical (unpaired) electrons. The Bertz CT molecular complexity index is 1710. The number of anilines is 1. The number of benzene rings is 2. The number of hydrogen-bond donors (Lipinski definition) is 4. The molecule has 14 heteroatoms. The molecule has 1 unspecified atom stereocenters. The van der Waals surface area contributed by atoms with Gasteiger partial charge in [-0.25, -0.2) is 0 Å². The zero-order valence-corrected chi connectivity index (χ0v) is 33.5. The van der Waals surface area contributed by atoms with Crippen LogP contribution in [0.15, 0.2) is 54.6 Å². The molecule has 1 saturated heterocycles. The Kier molecular flexibility index (Phi) is 16.9. The molecule has 3 rings (SSSR count). The summed E-state index contributed by atoms with van der Waals surface area (Å²) in [6.07, 6.45) is 2.14. The minimum atomic E-state index is -0.814. The summed E-state index contributed by atoms with van der Waals surface area (Å²) in [7, 11) is 0. The van der Waals surface area contributed by atoms with Gasteiger partial charge in [0, 0.05) is 37.4 Å².